The van der Waals surface area contributed by atoms with Crippen molar-refractivity contribution >= 4 is 29.4 Å². The molecular formula is C24H31N3O7. The summed E-state index contributed by atoms with van der Waals surface area (Å²) < 4.78 is 10.2. The molecule has 0 saturated heterocycles. The van der Waals surface area contributed by atoms with Gasteiger partial charge in [-0.3, -0.25) is 14.4 Å². The summed E-state index contributed by atoms with van der Waals surface area (Å²) in [5.41, 5.74) is 9.90. The second-order valence-electron chi connectivity index (χ2n) is 7.37. The molecular weight excluding hydrogens is 442 g/mol. The highest BCUT2D eigenvalue weighted by Gasteiger charge is 2.30. The molecule has 10 nitrogen and oxygen atoms in total. The van der Waals surface area contributed by atoms with E-state index < -0.39 is 17.8 Å². The fourth-order valence-electron chi connectivity index (χ4n) is 3.29. The number of esters is 2. The highest BCUT2D eigenvalue weighted by molar-refractivity contribution is 6.15. The molecule has 2 rings (SSSR count). The van der Waals surface area contributed by atoms with Crippen molar-refractivity contribution in [1.82, 2.24) is 10.8 Å². The Balaban J connectivity index is 2.19. The minimum absolute atomic E-state index is 0.0111. The van der Waals surface area contributed by atoms with E-state index in [9.17, 15) is 19.2 Å². The summed E-state index contributed by atoms with van der Waals surface area (Å²) in [4.78, 5) is 53.9. The van der Waals surface area contributed by atoms with Crippen molar-refractivity contribution in [3.8, 4) is 11.1 Å². The van der Waals surface area contributed by atoms with Crippen molar-refractivity contribution in [1.29, 1.82) is 0 Å². The van der Waals surface area contributed by atoms with Crippen LogP contribution in [0.15, 0.2) is 24.3 Å². The first-order valence-electron chi connectivity index (χ1n) is 11.2. The molecule has 34 heavy (non-hydrogen) atoms. The van der Waals surface area contributed by atoms with Gasteiger partial charge in [-0.2, -0.15) is 0 Å². The molecule has 0 aliphatic heterocycles. The number of amides is 2. The van der Waals surface area contributed by atoms with Crippen LogP contribution >= 0.6 is 0 Å². The van der Waals surface area contributed by atoms with Crippen LogP contribution in [-0.2, 0) is 30.3 Å². The molecule has 0 heterocycles. The molecule has 2 aliphatic rings. The maximum absolute atomic E-state index is 12.5. The Hall–Kier alpha value is -3.66. The standard InChI is InChI=1S/C24H31N3O7/c1-4-7-12-26-19(29)14-34-27-18(28)13-15-8-10-16-17(11-9-15)21(24(31)33-6-3)22(25)20(16)23(30)32-5-2/h8-11H,4-7,12-14,25H2,1-3H3,(H,26,29)(H,27,28). The molecule has 0 radical (unpaired) electrons. The van der Waals surface area contributed by atoms with E-state index in [1.807, 2.05) is 6.92 Å². The number of fused-ring (bicyclic) bond motifs is 1. The van der Waals surface area contributed by atoms with E-state index >= 15 is 0 Å². The zero-order valence-electron chi connectivity index (χ0n) is 19.7. The molecule has 0 bridgehead atoms. The molecule has 2 amide bonds. The van der Waals surface area contributed by atoms with Gasteiger partial charge in [0.2, 0.25) is 11.8 Å². The summed E-state index contributed by atoms with van der Waals surface area (Å²) in [5.74, 6) is -2.11. The molecule has 0 spiro atoms. The number of hydrogen-bond donors (Lipinski definition) is 3. The molecule has 0 aromatic carbocycles. The van der Waals surface area contributed by atoms with Gasteiger partial charge < -0.3 is 20.5 Å². The number of nitrogens with one attached hydrogen (secondary N) is 2. The smallest absolute Gasteiger partial charge is 0.340 e. The molecule has 10 heteroatoms. The van der Waals surface area contributed by atoms with Gasteiger partial charge in [0.1, 0.15) is 0 Å². The Morgan fingerprint density at radius 3 is 1.91 bits per heavy atom. The zero-order valence-corrected chi connectivity index (χ0v) is 19.7. The van der Waals surface area contributed by atoms with Crippen LogP contribution in [0.3, 0.4) is 0 Å². The molecule has 0 unspecified atom stereocenters. The van der Waals surface area contributed by atoms with E-state index in [-0.39, 0.29) is 49.0 Å². The molecule has 0 saturated carbocycles. The van der Waals surface area contributed by atoms with Gasteiger partial charge in [-0.1, -0.05) is 37.6 Å². The van der Waals surface area contributed by atoms with Gasteiger partial charge in [0.15, 0.2) is 6.61 Å². The van der Waals surface area contributed by atoms with Crippen molar-refractivity contribution < 1.29 is 33.5 Å². The number of carbonyl (C=O) groups is 4. The fraction of sp³-hybridized carbons (Fsp3) is 0.417. The number of nitrogen functional groups attached to an aromatic ring is 1. The maximum atomic E-state index is 12.5. The van der Waals surface area contributed by atoms with Crippen LogP contribution in [0, 0.1) is 0 Å². The molecule has 4 N–H and O–H groups in total. The lowest BCUT2D eigenvalue weighted by Gasteiger charge is -2.06. The van der Waals surface area contributed by atoms with E-state index in [1.165, 1.54) is 0 Å². The minimum atomic E-state index is -0.656. The summed E-state index contributed by atoms with van der Waals surface area (Å²) in [6.45, 7) is 5.88. The van der Waals surface area contributed by atoms with Gasteiger partial charge in [-0.05, 0) is 37.0 Å². The average Bonchev–Trinajstić information content (AvgIpc) is 2.92. The quantitative estimate of drug-likeness (QED) is 0.242. The third-order valence-electron chi connectivity index (χ3n) is 4.86. The lowest BCUT2D eigenvalue weighted by Crippen LogP contribution is -2.33. The number of anilines is 1. The second-order valence-corrected chi connectivity index (χ2v) is 7.37. The average molecular weight is 474 g/mol. The Morgan fingerprint density at radius 2 is 1.41 bits per heavy atom. The molecule has 2 aliphatic carbocycles. The predicted molar refractivity (Wildman–Crippen MR) is 125 cm³/mol. The highest BCUT2D eigenvalue weighted by Crippen LogP contribution is 2.39. The van der Waals surface area contributed by atoms with E-state index in [0.717, 1.165) is 12.8 Å². The minimum Gasteiger partial charge on any atom is -0.462 e. The van der Waals surface area contributed by atoms with E-state index in [2.05, 4.69) is 10.8 Å². The van der Waals surface area contributed by atoms with Gasteiger partial charge in [-0.15, -0.1) is 0 Å². The third-order valence-corrected chi connectivity index (χ3v) is 4.86. The molecule has 0 aromatic heterocycles. The number of rotatable bonds is 12. The number of hydrogen-bond acceptors (Lipinski definition) is 8. The predicted octanol–water partition coefficient (Wildman–Crippen LogP) is 2.23. The van der Waals surface area contributed by atoms with Gasteiger partial charge >= 0.3 is 11.9 Å². The van der Waals surface area contributed by atoms with Crippen LogP contribution < -0.4 is 16.5 Å². The normalized spacial score (nSPS) is 10.6. The molecule has 0 aromatic rings. The number of carbonyl (C=O) groups excluding carboxylic acids is 4. The Bertz CT molecular complexity index is 951. The largest absolute Gasteiger partial charge is 0.462 e. The Kier molecular flexibility index (Phi) is 10.3. The van der Waals surface area contributed by atoms with Crippen LogP contribution in [0.25, 0.3) is 11.1 Å². The van der Waals surface area contributed by atoms with E-state index in [1.54, 1.807) is 38.1 Å². The van der Waals surface area contributed by atoms with E-state index in [4.69, 9.17) is 20.0 Å². The van der Waals surface area contributed by atoms with Crippen molar-refractivity contribution in [2.24, 2.45) is 0 Å². The van der Waals surface area contributed by atoms with Gasteiger partial charge in [0.05, 0.1) is 36.4 Å². The first-order valence-corrected chi connectivity index (χ1v) is 11.2. The third kappa shape index (κ3) is 6.92. The first kappa shape index (κ1) is 26.6. The maximum Gasteiger partial charge on any atom is 0.340 e. The first-order chi connectivity index (χ1) is 16.3. The summed E-state index contributed by atoms with van der Waals surface area (Å²) in [5, 5.41) is 2.68. The number of hydroxylamine groups is 1. The number of nitrogens with two attached hydrogens (primary N) is 1. The Labute approximate surface area is 198 Å². The van der Waals surface area contributed by atoms with Crippen molar-refractivity contribution in [2.45, 2.75) is 40.0 Å². The van der Waals surface area contributed by atoms with Crippen LogP contribution in [0.2, 0.25) is 0 Å². The highest BCUT2D eigenvalue weighted by atomic mass is 16.7. The van der Waals surface area contributed by atoms with Crippen LogP contribution in [0.4, 0.5) is 5.69 Å². The van der Waals surface area contributed by atoms with Gasteiger partial charge in [0, 0.05) is 6.54 Å². The summed E-state index contributed by atoms with van der Waals surface area (Å²) >= 11 is 0. The topological polar surface area (TPSA) is 146 Å². The van der Waals surface area contributed by atoms with Crippen molar-refractivity contribution in [3.05, 3.63) is 41.0 Å². The zero-order chi connectivity index (χ0) is 25.1. The van der Waals surface area contributed by atoms with Gasteiger partial charge in [-0.25, -0.2) is 15.1 Å². The lowest BCUT2D eigenvalue weighted by molar-refractivity contribution is -0.138. The van der Waals surface area contributed by atoms with Crippen LogP contribution in [0.5, 0.6) is 0 Å². The number of unbranched alkanes of at least 4 members (excludes halogenated alkanes) is 1. The van der Waals surface area contributed by atoms with Crippen LogP contribution in [-0.4, -0.2) is 50.1 Å². The fourth-order valence-corrected chi connectivity index (χ4v) is 3.29. The monoisotopic (exact) mass is 473 g/mol. The molecule has 0 fully saturated rings. The summed E-state index contributed by atoms with van der Waals surface area (Å²) in [7, 11) is 0. The summed E-state index contributed by atoms with van der Waals surface area (Å²) in [6, 6.07) is 6.48. The van der Waals surface area contributed by atoms with Gasteiger partial charge in [0.25, 0.3) is 0 Å². The SMILES string of the molecule is CCCCNC(=O)CONC(=O)Cc1ccc2c(C(=O)OCC)c(N)c(C(=O)OCC)c-2cc1. The van der Waals surface area contributed by atoms with E-state index in [0.29, 0.717) is 23.2 Å². The summed E-state index contributed by atoms with van der Waals surface area (Å²) in [6.07, 6.45) is 1.76. The Morgan fingerprint density at radius 1 is 0.853 bits per heavy atom. The lowest BCUT2D eigenvalue weighted by atomic mass is 10.1. The van der Waals surface area contributed by atoms with Crippen LogP contribution in [0.1, 0.15) is 59.9 Å². The number of ether oxygens (including phenoxy) is 2. The molecule has 0 atom stereocenters. The molecule has 184 valence electrons. The second kappa shape index (κ2) is 13.1. The van der Waals surface area contributed by atoms with Crippen molar-refractivity contribution in [2.75, 3.05) is 32.1 Å². The van der Waals surface area contributed by atoms with Crippen molar-refractivity contribution in [3.63, 3.8) is 0 Å².